The van der Waals surface area contributed by atoms with Gasteiger partial charge in [0.1, 0.15) is 0 Å². The number of carboxylic acids is 1. The predicted molar refractivity (Wildman–Crippen MR) is 67.2 cm³/mol. The van der Waals surface area contributed by atoms with E-state index in [1.165, 1.54) is 12.5 Å². The van der Waals surface area contributed by atoms with E-state index in [0.717, 1.165) is 12.8 Å². The molecule has 98 valence electrons. The number of carboxylic acid groups (broad SMARTS) is 1. The van der Waals surface area contributed by atoms with Crippen LogP contribution in [0.4, 0.5) is 5.82 Å². The average Bonchev–Trinajstić information content (AvgIpc) is 2.34. The summed E-state index contributed by atoms with van der Waals surface area (Å²) in [4.78, 5) is 10.7. The Kier molecular flexibility index (Phi) is 3.76. The first-order valence-corrected chi connectivity index (χ1v) is 6.20. The van der Waals surface area contributed by atoms with Crippen LogP contribution >= 0.6 is 0 Å². The van der Waals surface area contributed by atoms with Gasteiger partial charge in [0.05, 0.1) is 0 Å². The predicted octanol–water partition coefficient (Wildman–Crippen LogP) is 1.76. The minimum absolute atomic E-state index is 0.0414. The Hall–Kier alpha value is -1.69. The number of piperidine rings is 1. The molecule has 1 aliphatic rings. The number of aromatic nitrogens is 2. The van der Waals surface area contributed by atoms with Crippen LogP contribution < -0.4 is 5.43 Å². The summed E-state index contributed by atoms with van der Waals surface area (Å²) in [7, 11) is 0. The van der Waals surface area contributed by atoms with Gasteiger partial charge in [-0.3, -0.25) is 0 Å². The van der Waals surface area contributed by atoms with Gasteiger partial charge in [-0.05, 0) is 38.8 Å². The molecule has 0 radical (unpaired) electrons. The van der Waals surface area contributed by atoms with Crippen molar-refractivity contribution in [2.24, 2.45) is 0 Å². The molecule has 18 heavy (non-hydrogen) atoms. The van der Waals surface area contributed by atoms with Gasteiger partial charge in [-0.15, -0.1) is 10.2 Å². The summed E-state index contributed by atoms with van der Waals surface area (Å²) in [6.07, 6.45) is 3.54. The van der Waals surface area contributed by atoms with Crippen molar-refractivity contribution in [3.05, 3.63) is 17.8 Å². The van der Waals surface area contributed by atoms with Crippen LogP contribution in [0.5, 0.6) is 0 Å². The van der Waals surface area contributed by atoms with Crippen LogP contribution in [-0.4, -0.2) is 38.4 Å². The number of aromatic carboxylic acids is 1. The number of nitrogens with zero attached hydrogens (tertiary/aromatic N) is 3. The van der Waals surface area contributed by atoms with Crippen LogP contribution in [-0.2, 0) is 0 Å². The van der Waals surface area contributed by atoms with Crippen LogP contribution in [0, 0.1) is 0 Å². The lowest BCUT2D eigenvalue weighted by Gasteiger charge is -2.38. The molecule has 2 rings (SSSR count). The lowest BCUT2D eigenvalue weighted by atomic mass is 10.00. The van der Waals surface area contributed by atoms with Gasteiger partial charge in [0.2, 0.25) is 0 Å². The van der Waals surface area contributed by atoms with E-state index >= 15 is 0 Å². The SMILES string of the molecule is CC1CCCC(C)N1Nc1ccc(C(=O)O)nn1. The minimum atomic E-state index is -1.06. The number of anilines is 1. The molecule has 2 unspecified atom stereocenters. The third-order valence-corrected chi connectivity index (χ3v) is 3.32. The molecule has 0 aliphatic carbocycles. The highest BCUT2D eigenvalue weighted by molar-refractivity contribution is 5.85. The lowest BCUT2D eigenvalue weighted by molar-refractivity contribution is 0.0689. The molecule has 1 saturated heterocycles. The molecule has 1 aliphatic heterocycles. The van der Waals surface area contributed by atoms with E-state index in [1.807, 2.05) is 0 Å². The molecule has 1 fully saturated rings. The molecule has 1 aromatic rings. The van der Waals surface area contributed by atoms with Gasteiger partial charge in [0.15, 0.2) is 11.5 Å². The fourth-order valence-electron chi connectivity index (χ4n) is 2.28. The van der Waals surface area contributed by atoms with Crippen molar-refractivity contribution in [2.45, 2.75) is 45.2 Å². The smallest absolute Gasteiger partial charge is 0.356 e. The maximum atomic E-state index is 10.7. The molecule has 2 atom stereocenters. The topological polar surface area (TPSA) is 78.4 Å². The van der Waals surface area contributed by atoms with Gasteiger partial charge in [0, 0.05) is 12.1 Å². The van der Waals surface area contributed by atoms with Crippen molar-refractivity contribution in [1.82, 2.24) is 15.2 Å². The lowest BCUT2D eigenvalue weighted by Crippen LogP contribution is -2.47. The van der Waals surface area contributed by atoms with Crippen LogP contribution in [0.3, 0.4) is 0 Å². The van der Waals surface area contributed by atoms with Gasteiger partial charge < -0.3 is 10.5 Å². The Bertz CT molecular complexity index is 411. The molecule has 6 heteroatoms. The van der Waals surface area contributed by atoms with Crippen LogP contribution in [0.2, 0.25) is 0 Å². The van der Waals surface area contributed by atoms with E-state index in [1.54, 1.807) is 6.07 Å². The Balaban J connectivity index is 2.06. The van der Waals surface area contributed by atoms with Crippen molar-refractivity contribution in [1.29, 1.82) is 0 Å². The summed E-state index contributed by atoms with van der Waals surface area (Å²) in [6, 6.07) is 3.98. The molecule has 0 saturated carbocycles. The molecule has 2 N–H and O–H groups in total. The monoisotopic (exact) mass is 250 g/mol. The Morgan fingerprint density at radius 1 is 1.33 bits per heavy atom. The summed E-state index contributed by atoms with van der Waals surface area (Å²) < 4.78 is 0. The molecule has 1 aromatic heterocycles. The fraction of sp³-hybridized carbons (Fsp3) is 0.583. The summed E-state index contributed by atoms with van der Waals surface area (Å²) in [5.74, 6) is -0.477. The normalized spacial score (nSPS) is 24.8. The second kappa shape index (κ2) is 5.30. The summed E-state index contributed by atoms with van der Waals surface area (Å²) in [5.41, 5.74) is 3.17. The molecular formula is C12H18N4O2. The number of nitrogens with one attached hydrogen (secondary N) is 1. The maximum Gasteiger partial charge on any atom is 0.356 e. The van der Waals surface area contributed by atoms with Crippen molar-refractivity contribution in [3.8, 4) is 0 Å². The van der Waals surface area contributed by atoms with Crippen molar-refractivity contribution in [2.75, 3.05) is 5.43 Å². The highest BCUT2D eigenvalue weighted by Gasteiger charge is 2.24. The summed E-state index contributed by atoms with van der Waals surface area (Å²) in [6.45, 7) is 4.34. The fourth-order valence-corrected chi connectivity index (χ4v) is 2.28. The van der Waals surface area contributed by atoms with Gasteiger partial charge in [-0.2, -0.15) is 0 Å². The first kappa shape index (κ1) is 12.8. The Labute approximate surface area is 106 Å². The number of rotatable bonds is 3. The number of hydrogen-bond donors (Lipinski definition) is 2. The quantitative estimate of drug-likeness (QED) is 0.851. The molecule has 0 spiro atoms. The molecule has 0 aromatic carbocycles. The van der Waals surface area contributed by atoms with E-state index in [9.17, 15) is 4.79 Å². The maximum absolute atomic E-state index is 10.7. The molecule has 6 nitrogen and oxygen atoms in total. The number of hydrogen-bond acceptors (Lipinski definition) is 5. The largest absolute Gasteiger partial charge is 0.476 e. The highest BCUT2D eigenvalue weighted by atomic mass is 16.4. The molecular weight excluding hydrogens is 232 g/mol. The van der Waals surface area contributed by atoms with E-state index < -0.39 is 5.97 Å². The first-order chi connectivity index (χ1) is 8.58. The first-order valence-electron chi connectivity index (χ1n) is 6.20. The van der Waals surface area contributed by atoms with Crippen LogP contribution in [0.1, 0.15) is 43.6 Å². The number of hydrazine groups is 1. The Morgan fingerprint density at radius 2 is 2.00 bits per heavy atom. The zero-order valence-electron chi connectivity index (χ0n) is 10.6. The third-order valence-electron chi connectivity index (χ3n) is 3.32. The highest BCUT2D eigenvalue weighted by Crippen LogP contribution is 2.22. The molecule has 0 bridgehead atoms. The molecule has 2 heterocycles. The second-order valence-corrected chi connectivity index (χ2v) is 4.76. The third kappa shape index (κ3) is 2.76. The molecule has 0 amide bonds. The number of carbonyl (C=O) groups is 1. The van der Waals surface area contributed by atoms with E-state index in [4.69, 9.17) is 5.11 Å². The van der Waals surface area contributed by atoms with Gasteiger partial charge in [-0.25, -0.2) is 9.80 Å². The zero-order chi connectivity index (χ0) is 13.1. The van der Waals surface area contributed by atoms with Gasteiger partial charge in [0.25, 0.3) is 0 Å². The van der Waals surface area contributed by atoms with E-state index in [2.05, 4.69) is 34.5 Å². The van der Waals surface area contributed by atoms with E-state index in [0.29, 0.717) is 17.9 Å². The van der Waals surface area contributed by atoms with E-state index in [-0.39, 0.29) is 5.69 Å². The Morgan fingerprint density at radius 3 is 2.50 bits per heavy atom. The van der Waals surface area contributed by atoms with Crippen molar-refractivity contribution >= 4 is 11.8 Å². The zero-order valence-corrected chi connectivity index (χ0v) is 10.6. The van der Waals surface area contributed by atoms with Gasteiger partial charge >= 0.3 is 5.97 Å². The minimum Gasteiger partial charge on any atom is -0.476 e. The standard InChI is InChI=1S/C12H18N4O2/c1-8-4-3-5-9(2)16(8)15-11-7-6-10(12(17)18)13-14-11/h6-9H,3-5H2,1-2H3,(H,14,15)(H,17,18). The van der Waals surface area contributed by atoms with Crippen molar-refractivity contribution < 1.29 is 9.90 Å². The van der Waals surface area contributed by atoms with Crippen LogP contribution in [0.15, 0.2) is 12.1 Å². The van der Waals surface area contributed by atoms with Crippen molar-refractivity contribution in [3.63, 3.8) is 0 Å². The average molecular weight is 250 g/mol. The second-order valence-electron chi connectivity index (χ2n) is 4.76. The van der Waals surface area contributed by atoms with Crippen LogP contribution in [0.25, 0.3) is 0 Å². The van der Waals surface area contributed by atoms with Gasteiger partial charge in [-0.1, -0.05) is 6.42 Å². The summed E-state index contributed by atoms with van der Waals surface area (Å²) in [5, 5.41) is 18.4. The summed E-state index contributed by atoms with van der Waals surface area (Å²) >= 11 is 0.